The molecule has 0 amide bonds. The highest BCUT2D eigenvalue weighted by molar-refractivity contribution is 7.71. The number of pyridine rings is 1. The van der Waals surface area contributed by atoms with Gasteiger partial charge in [0.15, 0.2) is 4.77 Å². The summed E-state index contributed by atoms with van der Waals surface area (Å²) in [5, 5.41) is 7.04. The Bertz CT molecular complexity index is 520. The van der Waals surface area contributed by atoms with Crippen LogP contribution in [0.2, 0.25) is 0 Å². The number of nitrogens with one attached hydrogen (secondary N) is 1. The van der Waals surface area contributed by atoms with Crippen molar-refractivity contribution in [3.05, 3.63) is 40.7 Å². The number of nitrogens with zero attached hydrogens (tertiary/aromatic N) is 3. The summed E-state index contributed by atoms with van der Waals surface area (Å²) in [5.41, 5.74) is 1.16. The van der Waals surface area contributed by atoms with E-state index in [4.69, 9.17) is 17.0 Å². The molecule has 0 bridgehead atoms. The molecule has 0 unspecified atom stereocenters. The number of aromatic nitrogens is 4. The van der Waals surface area contributed by atoms with Gasteiger partial charge in [0.05, 0.1) is 6.61 Å². The van der Waals surface area contributed by atoms with Crippen molar-refractivity contribution in [1.82, 2.24) is 19.7 Å². The highest BCUT2D eigenvalue weighted by atomic mass is 32.1. The van der Waals surface area contributed by atoms with Gasteiger partial charge in [-0.1, -0.05) is 0 Å². The third-order valence-corrected chi connectivity index (χ3v) is 2.78. The monoisotopic (exact) mass is 250 g/mol. The Balaban J connectivity index is 2.18. The van der Waals surface area contributed by atoms with Gasteiger partial charge in [-0.3, -0.25) is 10.1 Å². The fourth-order valence-electron chi connectivity index (χ4n) is 1.58. The molecule has 0 aliphatic carbocycles. The normalized spacial score (nSPS) is 10.6. The van der Waals surface area contributed by atoms with E-state index in [1.54, 1.807) is 19.5 Å². The fraction of sp³-hybridized carbons (Fsp3) is 0.364. The molecule has 90 valence electrons. The molecule has 0 saturated heterocycles. The van der Waals surface area contributed by atoms with Crippen LogP contribution in [-0.4, -0.2) is 33.5 Å². The lowest BCUT2D eigenvalue weighted by molar-refractivity contribution is 0.186. The van der Waals surface area contributed by atoms with Crippen LogP contribution >= 0.6 is 12.2 Å². The summed E-state index contributed by atoms with van der Waals surface area (Å²) in [4.78, 5) is 3.99. The minimum atomic E-state index is 0.622. The average molecular weight is 250 g/mol. The first-order valence-electron chi connectivity index (χ1n) is 5.33. The first kappa shape index (κ1) is 11.9. The van der Waals surface area contributed by atoms with E-state index in [-0.39, 0.29) is 0 Å². The highest BCUT2D eigenvalue weighted by Crippen LogP contribution is 2.06. The number of hydrogen-bond acceptors (Lipinski definition) is 4. The molecule has 0 aliphatic rings. The largest absolute Gasteiger partial charge is 0.383 e. The Morgan fingerprint density at radius 1 is 1.41 bits per heavy atom. The summed E-state index contributed by atoms with van der Waals surface area (Å²) in [6.07, 6.45) is 4.28. The van der Waals surface area contributed by atoms with Crippen LogP contribution in [0.25, 0.3) is 0 Å². The molecule has 1 N–H and O–H groups in total. The van der Waals surface area contributed by atoms with Gasteiger partial charge < -0.3 is 9.30 Å². The van der Waals surface area contributed by atoms with Crippen LogP contribution in [0.5, 0.6) is 0 Å². The quantitative estimate of drug-likeness (QED) is 0.818. The highest BCUT2D eigenvalue weighted by Gasteiger charge is 2.06. The van der Waals surface area contributed by atoms with Gasteiger partial charge in [0.2, 0.25) is 0 Å². The van der Waals surface area contributed by atoms with Crippen LogP contribution in [-0.2, 0) is 17.7 Å². The minimum Gasteiger partial charge on any atom is -0.383 e. The molecule has 0 aromatic carbocycles. The number of H-pyrrole nitrogens is 1. The maximum Gasteiger partial charge on any atom is 0.195 e. The number of ether oxygens (including phenoxy) is 1. The molecule has 0 fully saturated rings. The van der Waals surface area contributed by atoms with E-state index in [0.717, 1.165) is 17.8 Å². The maximum atomic E-state index is 5.18. The summed E-state index contributed by atoms with van der Waals surface area (Å²) in [6, 6.07) is 3.94. The lowest BCUT2D eigenvalue weighted by Gasteiger charge is -2.05. The molecule has 0 spiro atoms. The number of rotatable bonds is 5. The second-order valence-electron chi connectivity index (χ2n) is 3.62. The number of aromatic amines is 1. The first-order chi connectivity index (χ1) is 8.31. The lowest BCUT2D eigenvalue weighted by atomic mass is 10.2. The Morgan fingerprint density at radius 2 is 2.18 bits per heavy atom. The van der Waals surface area contributed by atoms with Gasteiger partial charge in [0.1, 0.15) is 5.82 Å². The van der Waals surface area contributed by atoms with Crippen LogP contribution in [0.1, 0.15) is 11.4 Å². The van der Waals surface area contributed by atoms with Crippen molar-refractivity contribution in [1.29, 1.82) is 0 Å². The van der Waals surface area contributed by atoms with E-state index in [1.165, 1.54) is 0 Å². The standard InChI is InChI=1S/C11H14N4OS/c1-16-7-6-15-10(13-14-11(15)17)8-9-2-4-12-5-3-9/h2-5H,6-8H2,1H3,(H,14,17). The molecule has 2 aromatic heterocycles. The van der Waals surface area contributed by atoms with E-state index < -0.39 is 0 Å². The van der Waals surface area contributed by atoms with Gasteiger partial charge in [-0.05, 0) is 29.9 Å². The Morgan fingerprint density at radius 3 is 2.88 bits per heavy atom. The average Bonchev–Trinajstić information content (AvgIpc) is 2.69. The summed E-state index contributed by atoms with van der Waals surface area (Å²) in [5.74, 6) is 0.915. The Labute approximate surface area is 104 Å². The molecule has 2 aromatic rings. The van der Waals surface area contributed by atoms with Gasteiger partial charge in [-0.15, -0.1) is 0 Å². The van der Waals surface area contributed by atoms with E-state index in [9.17, 15) is 0 Å². The van der Waals surface area contributed by atoms with E-state index in [0.29, 0.717) is 17.9 Å². The van der Waals surface area contributed by atoms with Crippen molar-refractivity contribution >= 4 is 12.2 Å². The second-order valence-corrected chi connectivity index (χ2v) is 4.01. The molecule has 17 heavy (non-hydrogen) atoms. The summed E-state index contributed by atoms with van der Waals surface area (Å²) >= 11 is 5.18. The van der Waals surface area contributed by atoms with E-state index in [1.807, 2.05) is 16.7 Å². The molecule has 0 saturated carbocycles. The number of hydrogen-bond donors (Lipinski definition) is 1. The predicted molar refractivity (Wildman–Crippen MR) is 66.3 cm³/mol. The van der Waals surface area contributed by atoms with Crippen molar-refractivity contribution in [2.24, 2.45) is 0 Å². The molecular formula is C11H14N4OS. The van der Waals surface area contributed by atoms with Gasteiger partial charge in [-0.25, -0.2) is 0 Å². The van der Waals surface area contributed by atoms with Gasteiger partial charge in [0.25, 0.3) is 0 Å². The maximum absolute atomic E-state index is 5.18. The Hall–Kier alpha value is -1.53. The summed E-state index contributed by atoms with van der Waals surface area (Å²) < 4.78 is 7.64. The topological polar surface area (TPSA) is 55.7 Å². The van der Waals surface area contributed by atoms with Gasteiger partial charge in [-0.2, -0.15) is 5.10 Å². The third-order valence-electron chi connectivity index (χ3n) is 2.47. The minimum absolute atomic E-state index is 0.622. The second kappa shape index (κ2) is 5.70. The molecular weight excluding hydrogens is 236 g/mol. The van der Waals surface area contributed by atoms with Crippen LogP contribution in [0.15, 0.2) is 24.5 Å². The first-order valence-corrected chi connectivity index (χ1v) is 5.74. The van der Waals surface area contributed by atoms with Crippen LogP contribution < -0.4 is 0 Å². The summed E-state index contributed by atoms with van der Waals surface area (Å²) in [7, 11) is 1.67. The van der Waals surface area contributed by atoms with Crippen molar-refractivity contribution in [2.45, 2.75) is 13.0 Å². The van der Waals surface area contributed by atoms with E-state index >= 15 is 0 Å². The third kappa shape index (κ3) is 2.98. The molecule has 5 nitrogen and oxygen atoms in total. The van der Waals surface area contributed by atoms with Crippen molar-refractivity contribution < 1.29 is 4.74 Å². The van der Waals surface area contributed by atoms with Crippen LogP contribution in [0.4, 0.5) is 0 Å². The molecule has 0 radical (unpaired) electrons. The zero-order valence-corrected chi connectivity index (χ0v) is 10.4. The number of methoxy groups -OCH3 is 1. The fourth-order valence-corrected chi connectivity index (χ4v) is 1.82. The SMILES string of the molecule is COCCn1c(Cc2ccncc2)n[nH]c1=S. The van der Waals surface area contributed by atoms with Crippen LogP contribution in [0.3, 0.4) is 0 Å². The molecule has 2 heterocycles. The van der Waals surface area contributed by atoms with Crippen molar-refractivity contribution in [3.8, 4) is 0 Å². The molecule has 2 rings (SSSR count). The Kier molecular flexibility index (Phi) is 4.00. The van der Waals surface area contributed by atoms with Crippen molar-refractivity contribution in [2.75, 3.05) is 13.7 Å². The predicted octanol–water partition coefficient (Wildman–Crippen LogP) is 1.57. The zero-order valence-electron chi connectivity index (χ0n) is 9.59. The summed E-state index contributed by atoms with van der Waals surface area (Å²) in [6.45, 7) is 1.34. The van der Waals surface area contributed by atoms with Crippen LogP contribution in [0, 0.1) is 4.77 Å². The van der Waals surface area contributed by atoms with Gasteiger partial charge in [0, 0.05) is 32.5 Å². The zero-order chi connectivity index (χ0) is 12.1. The van der Waals surface area contributed by atoms with Gasteiger partial charge >= 0.3 is 0 Å². The van der Waals surface area contributed by atoms with Crippen molar-refractivity contribution in [3.63, 3.8) is 0 Å². The molecule has 6 heteroatoms. The smallest absolute Gasteiger partial charge is 0.195 e. The molecule has 0 atom stereocenters. The molecule has 0 aliphatic heterocycles. The van der Waals surface area contributed by atoms with E-state index in [2.05, 4.69) is 15.2 Å². The lowest BCUT2D eigenvalue weighted by Crippen LogP contribution is -2.09.